The molecule has 6 heteroatoms. The fourth-order valence-electron chi connectivity index (χ4n) is 4.03. The van der Waals surface area contributed by atoms with Gasteiger partial charge in [0.05, 0.1) is 25.2 Å². The summed E-state index contributed by atoms with van der Waals surface area (Å²) >= 11 is 0. The Hall–Kier alpha value is -2.24. The number of para-hydroxylation sites is 1. The Morgan fingerprint density at radius 1 is 1.20 bits per heavy atom. The van der Waals surface area contributed by atoms with Gasteiger partial charge in [-0.1, -0.05) is 13.0 Å². The molecule has 1 unspecified atom stereocenters. The first-order chi connectivity index (χ1) is 12.1. The van der Waals surface area contributed by atoms with Crippen LogP contribution in [0.2, 0.25) is 0 Å². The van der Waals surface area contributed by atoms with Crippen molar-refractivity contribution in [1.82, 2.24) is 9.80 Å². The first-order valence-electron chi connectivity index (χ1n) is 8.86. The lowest BCUT2D eigenvalue weighted by Gasteiger charge is -2.24. The number of nitrogens with zero attached hydrogens (tertiary/aromatic N) is 2. The average molecular weight is 346 g/mol. The number of ether oxygens (including phenoxy) is 2. The molecule has 1 aromatic carbocycles. The highest BCUT2D eigenvalue weighted by molar-refractivity contribution is 5.99. The zero-order valence-electron chi connectivity index (χ0n) is 15.2. The molecule has 0 saturated carbocycles. The Bertz CT molecular complexity index is 675. The molecule has 2 aliphatic heterocycles. The molecule has 1 atom stereocenters. The number of amides is 2. The highest BCUT2D eigenvalue weighted by Gasteiger charge is 2.51. The van der Waals surface area contributed by atoms with Gasteiger partial charge in [0.15, 0.2) is 11.5 Å². The standard InChI is InChI=1S/C19H26N2O4/c1-4-10-20-11-8-19(18(20)23)9-12-21(13-19)17(22)14-6-5-7-15(24-2)16(14)25-3/h5-7H,4,8-13H2,1-3H3. The second kappa shape index (κ2) is 6.94. The van der Waals surface area contributed by atoms with Gasteiger partial charge in [-0.2, -0.15) is 0 Å². The van der Waals surface area contributed by atoms with Crippen LogP contribution in [0.25, 0.3) is 0 Å². The summed E-state index contributed by atoms with van der Waals surface area (Å²) in [7, 11) is 3.08. The summed E-state index contributed by atoms with van der Waals surface area (Å²) in [6.45, 7) is 4.78. The number of likely N-dealkylation sites (tertiary alicyclic amines) is 2. The molecule has 2 aliphatic rings. The molecular formula is C19H26N2O4. The fraction of sp³-hybridized carbons (Fsp3) is 0.579. The molecule has 0 radical (unpaired) electrons. The smallest absolute Gasteiger partial charge is 0.257 e. The maximum Gasteiger partial charge on any atom is 0.257 e. The largest absolute Gasteiger partial charge is 0.493 e. The van der Waals surface area contributed by atoms with Crippen LogP contribution < -0.4 is 9.47 Å². The van der Waals surface area contributed by atoms with Crippen molar-refractivity contribution in [2.45, 2.75) is 26.2 Å². The Labute approximate surface area is 148 Å². The summed E-state index contributed by atoms with van der Waals surface area (Å²) in [6, 6.07) is 5.29. The lowest BCUT2D eigenvalue weighted by molar-refractivity contribution is -0.135. The topological polar surface area (TPSA) is 59.1 Å². The molecule has 2 amide bonds. The van der Waals surface area contributed by atoms with Crippen molar-refractivity contribution in [1.29, 1.82) is 0 Å². The normalized spacial score (nSPS) is 22.8. The summed E-state index contributed by atoms with van der Waals surface area (Å²) in [5, 5.41) is 0. The quantitative estimate of drug-likeness (QED) is 0.820. The van der Waals surface area contributed by atoms with Crippen LogP contribution in [0.1, 0.15) is 36.5 Å². The van der Waals surface area contributed by atoms with Crippen LogP contribution in [0.3, 0.4) is 0 Å². The van der Waals surface area contributed by atoms with Crippen LogP contribution in [-0.2, 0) is 4.79 Å². The molecule has 0 N–H and O–H groups in total. The number of rotatable bonds is 5. The maximum atomic E-state index is 13.0. The molecular weight excluding hydrogens is 320 g/mol. The molecule has 6 nitrogen and oxygen atoms in total. The average Bonchev–Trinajstić information content (AvgIpc) is 3.20. The van der Waals surface area contributed by atoms with E-state index < -0.39 is 5.41 Å². The second-order valence-corrected chi connectivity index (χ2v) is 6.84. The molecule has 2 heterocycles. The van der Waals surface area contributed by atoms with Crippen molar-refractivity contribution in [3.63, 3.8) is 0 Å². The van der Waals surface area contributed by atoms with E-state index in [4.69, 9.17) is 9.47 Å². The molecule has 2 fully saturated rings. The van der Waals surface area contributed by atoms with Crippen LogP contribution in [-0.4, -0.2) is 62.0 Å². The minimum atomic E-state index is -0.392. The van der Waals surface area contributed by atoms with Crippen LogP contribution in [0, 0.1) is 5.41 Å². The van der Waals surface area contributed by atoms with E-state index >= 15 is 0 Å². The van der Waals surface area contributed by atoms with Gasteiger partial charge in [0.25, 0.3) is 5.91 Å². The van der Waals surface area contributed by atoms with Gasteiger partial charge in [0, 0.05) is 26.2 Å². The molecule has 0 aromatic heterocycles. The van der Waals surface area contributed by atoms with Crippen LogP contribution in [0.5, 0.6) is 11.5 Å². The Kier molecular flexibility index (Phi) is 4.88. The number of benzene rings is 1. The number of carbonyl (C=O) groups excluding carboxylic acids is 2. The van der Waals surface area contributed by atoms with E-state index in [0.717, 1.165) is 32.4 Å². The summed E-state index contributed by atoms with van der Waals surface area (Å²) in [5.74, 6) is 1.09. The predicted molar refractivity (Wildman–Crippen MR) is 94.0 cm³/mol. The molecule has 2 saturated heterocycles. The fourth-order valence-corrected chi connectivity index (χ4v) is 4.03. The van der Waals surface area contributed by atoms with E-state index in [-0.39, 0.29) is 11.8 Å². The van der Waals surface area contributed by atoms with Crippen molar-refractivity contribution in [2.24, 2.45) is 5.41 Å². The minimum Gasteiger partial charge on any atom is -0.493 e. The van der Waals surface area contributed by atoms with Crippen LogP contribution in [0.15, 0.2) is 18.2 Å². The first kappa shape index (κ1) is 17.6. The van der Waals surface area contributed by atoms with Gasteiger partial charge in [0.1, 0.15) is 0 Å². The van der Waals surface area contributed by atoms with Gasteiger partial charge < -0.3 is 19.3 Å². The van der Waals surface area contributed by atoms with E-state index in [9.17, 15) is 9.59 Å². The summed E-state index contributed by atoms with van der Waals surface area (Å²) in [4.78, 5) is 29.5. The molecule has 1 spiro atoms. The SMILES string of the molecule is CCCN1CCC2(CCN(C(=O)c3cccc(OC)c3OC)C2)C1=O. The lowest BCUT2D eigenvalue weighted by Crippen LogP contribution is -2.38. The van der Waals surface area contributed by atoms with E-state index in [1.807, 2.05) is 4.90 Å². The van der Waals surface area contributed by atoms with Gasteiger partial charge >= 0.3 is 0 Å². The monoisotopic (exact) mass is 346 g/mol. The van der Waals surface area contributed by atoms with E-state index in [1.54, 1.807) is 30.2 Å². The zero-order chi connectivity index (χ0) is 18.0. The predicted octanol–water partition coefficient (Wildman–Crippen LogP) is 2.18. The molecule has 0 bridgehead atoms. The van der Waals surface area contributed by atoms with Gasteiger partial charge in [-0.3, -0.25) is 9.59 Å². The first-order valence-corrected chi connectivity index (χ1v) is 8.86. The third-order valence-corrected chi connectivity index (χ3v) is 5.37. The van der Waals surface area contributed by atoms with Gasteiger partial charge in [-0.05, 0) is 31.4 Å². The van der Waals surface area contributed by atoms with Gasteiger partial charge in [-0.25, -0.2) is 0 Å². The summed E-state index contributed by atoms with van der Waals surface area (Å²) < 4.78 is 10.7. The lowest BCUT2D eigenvalue weighted by atomic mass is 9.85. The Balaban J connectivity index is 1.79. The van der Waals surface area contributed by atoms with Crippen LogP contribution in [0.4, 0.5) is 0 Å². The number of hydrogen-bond acceptors (Lipinski definition) is 4. The third-order valence-electron chi connectivity index (χ3n) is 5.37. The minimum absolute atomic E-state index is 0.102. The van der Waals surface area contributed by atoms with Crippen molar-refractivity contribution >= 4 is 11.8 Å². The van der Waals surface area contributed by atoms with Crippen LogP contribution >= 0.6 is 0 Å². The third kappa shape index (κ3) is 2.94. The van der Waals surface area contributed by atoms with E-state index in [0.29, 0.717) is 30.2 Å². The molecule has 0 aliphatic carbocycles. The highest BCUT2D eigenvalue weighted by Crippen LogP contribution is 2.42. The van der Waals surface area contributed by atoms with Crippen molar-refractivity contribution in [3.8, 4) is 11.5 Å². The maximum absolute atomic E-state index is 13.0. The molecule has 136 valence electrons. The van der Waals surface area contributed by atoms with E-state index in [2.05, 4.69) is 6.92 Å². The van der Waals surface area contributed by atoms with Gasteiger partial charge in [-0.15, -0.1) is 0 Å². The highest BCUT2D eigenvalue weighted by atomic mass is 16.5. The molecule has 3 rings (SSSR count). The van der Waals surface area contributed by atoms with E-state index in [1.165, 1.54) is 7.11 Å². The number of carbonyl (C=O) groups is 2. The molecule has 25 heavy (non-hydrogen) atoms. The van der Waals surface area contributed by atoms with Gasteiger partial charge in [0.2, 0.25) is 5.91 Å². The zero-order valence-corrected chi connectivity index (χ0v) is 15.2. The molecule has 1 aromatic rings. The Morgan fingerprint density at radius 3 is 2.64 bits per heavy atom. The number of methoxy groups -OCH3 is 2. The van der Waals surface area contributed by atoms with Crippen molar-refractivity contribution in [2.75, 3.05) is 40.4 Å². The Morgan fingerprint density at radius 2 is 1.96 bits per heavy atom. The van der Waals surface area contributed by atoms with Crippen molar-refractivity contribution < 1.29 is 19.1 Å². The summed E-state index contributed by atoms with van der Waals surface area (Å²) in [5.41, 5.74) is 0.0893. The van der Waals surface area contributed by atoms with Crippen molar-refractivity contribution in [3.05, 3.63) is 23.8 Å². The second-order valence-electron chi connectivity index (χ2n) is 6.84. The summed E-state index contributed by atoms with van der Waals surface area (Å²) in [6.07, 6.45) is 2.54. The number of hydrogen-bond donors (Lipinski definition) is 0.